The third-order valence-corrected chi connectivity index (χ3v) is 5.39. The van der Waals surface area contributed by atoms with E-state index >= 15 is 0 Å². The topological polar surface area (TPSA) is 54.2 Å². The quantitative estimate of drug-likeness (QED) is 0.673. The zero-order valence-corrected chi connectivity index (χ0v) is 16.2. The molecule has 5 nitrogen and oxygen atoms in total. The lowest BCUT2D eigenvalue weighted by atomic mass is 10.2. The molecule has 26 heavy (non-hydrogen) atoms. The Bertz CT molecular complexity index is 1000. The lowest BCUT2D eigenvalue weighted by Gasteiger charge is -2.14. The van der Waals surface area contributed by atoms with Crippen LogP contribution in [0.4, 0.5) is 17.3 Å². The molecule has 2 N–H and O–H groups in total. The monoisotopic (exact) mass is 381 g/mol. The maximum absolute atomic E-state index is 5.59. The normalized spacial score (nSPS) is 16.2. The van der Waals surface area contributed by atoms with Crippen LogP contribution in [0, 0.1) is 13.8 Å². The molecule has 2 aromatic carbocycles. The van der Waals surface area contributed by atoms with Crippen LogP contribution < -0.4 is 15.4 Å². The van der Waals surface area contributed by atoms with Crippen LogP contribution in [-0.4, -0.2) is 20.0 Å². The van der Waals surface area contributed by atoms with E-state index in [0.29, 0.717) is 6.54 Å². The molecule has 132 valence electrons. The molecule has 3 aromatic rings. The number of rotatable bonds is 3. The third-order valence-electron chi connectivity index (χ3n) is 4.26. The highest BCUT2D eigenvalue weighted by Crippen LogP contribution is 2.19. The van der Waals surface area contributed by atoms with Crippen molar-refractivity contribution >= 4 is 46.1 Å². The summed E-state index contributed by atoms with van der Waals surface area (Å²) in [6.45, 7) is 4.85. The van der Waals surface area contributed by atoms with E-state index in [-0.39, 0.29) is 6.04 Å². The van der Waals surface area contributed by atoms with Crippen LogP contribution in [-0.2, 0) is 6.54 Å². The van der Waals surface area contributed by atoms with E-state index in [9.17, 15) is 0 Å². The van der Waals surface area contributed by atoms with Crippen LogP contribution in [0.1, 0.15) is 11.1 Å². The first kappa shape index (κ1) is 16.9. The van der Waals surface area contributed by atoms with E-state index in [1.807, 2.05) is 24.3 Å². The molecule has 0 aliphatic carbocycles. The second-order valence-corrected chi connectivity index (χ2v) is 7.57. The molecule has 0 radical (unpaired) electrons. The Morgan fingerprint density at radius 2 is 1.81 bits per heavy atom. The first-order chi connectivity index (χ1) is 12.6. The molecule has 0 amide bonds. The molecule has 0 saturated carbocycles. The number of nitrogens with one attached hydrogen (secondary N) is 2. The maximum atomic E-state index is 5.59. The highest BCUT2D eigenvalue weighted by Gasteiger charge is 2.26. The predicted molar refractivity (Wildman–Crippen MR) is 111 cm³/mol. The standard InChI is InChI=1S/C19H19N5S2/c1-12-3-7-14(8-4-12)20-17(25)16-11-24-18(22-16)23-26-19(24)21-15-9-5-13(2)6-10-15/h3-10,16H,11H2,1-2H3,(H,20,25)(H,22,23). The Hall–Kier alpha value is -2.51. The molecule has 1 unspecified atom stereocenters. The van der Waals surface area contributed by atoms with Crippen LogP contribution in [0.3, 0.4) is 0 Å². The van der Waals surface area contributed by atoms with Crippen LogP contribution in [0.5, 0.6) is 0 Å². The van der Waals surface area contributed by atoms with Crippen molar-refractivity contribution in [2.24, 2.45) is 4.99 Å². The molecule has 4 rings (SSSR count). The molecule has 0 fully saturated rings. The van der Waals surface area contributed by atoms with Gasteiger partial charge in [0.15, 0.2) is 0 Å². The zero-order chi connectivity index (χ0) is 18.1. The van der Waals surface area contributed by atoms with Crippen molar-refractivity contribution in [3.63, 3.8) is 0 Å². The Balaban J connectivity index is 1.51. The van der Waals surface area contributed by atoms with E-state index in [1.54, 1.807) is 0 Å². The SMILES string of the molecule is Cc1ccc(N=c2snc3n2CC(C(=S)Nc2ccc(C)cc2)N3)cc1. The maximum Gasteiger partial charge on any atom is 0.217 e. The number of anilines is 2. The molecule has 1 atom stereocenters. The van der Waals surface area contributed by atoms with Gasteiger partial charge in [-0.25, -0.2) is 4.99 Å². The van der Waals surface area contributed by atoms with Gasteiger partial charge < -0.3 is 10.6 Å². The minimum atomic E-state index is 0.00849. The lowest BCUT2D eigenvalue weighted by molar-refractivity contribution is 0.736. The summed E-state index contributed by atoms with van der Waals surface area (Å²) in [5.41, 5.74) is 4.38. The average molecular weight is 382 g/mol. The molecule has 0 saturated heterocycles. The summed E-state index contributed by atoms with van der Waals surface area (Å²) in [6, 6.07) is 16.4. The van der Waals surface area contributed by atoms with E-state index < -0.39 is 0 Å². The number of nitrogens with zero attached hydrogens (tertiary/aromatic N) is 3. The van der Waals surface area contributed by atoms with E-state index in [0.717, 1.165) is 27.1 Å². The molecule has 1 aromatic heterocycles. The number of hydrogen-bond acceptors (Lipinski definition) is 5. The van der Waals surface area contributed by atoms with Gasteiger partial charge in [-0.15, -0.1) is 0 Å². The first-order valence-electron chi connectivity index (χ1n) is 8.40. The summed E-state index contributed by atoms with van der Waals surface area (Å²) >= 11 is 6.98. The van der Waals surface area contributed by atoms with Crippen LogP contribution in [0.25, 0.3) is 0 Å². The van der Waals surface area contributed by atoms with Gasteiger partial charge >= 0.3 is 0 Å². The van der Waals surface area contributed by atoms with Gasteiger partial charge in [0.2, 0.25) is 10.7 Å². The van der Waals surface area contributed by atoms with E-state index in [2.05, 4.69) is 57.7 Å². The molecular weight excluding hydrogens is 362 g/mol. The zero-order valence-electron chi connectivity index (χ0n) is 14.6. The van der Waals surface area contributed by atoms with Crippen LogP contribution in [0.15, 0.2) is 53.5 Å². The molecule has 2 heterocycles. The van der Waals surface area contributed by atoms with Gasteiger partial charge in [0.25, 0.3) is 0 Å². The fourth-order valence-corrected chi connectivity index (χ4v) is 3.73. The summed E-state index contributed by atoms with van der Waals surface area (Å²) in [5, 5.41) is 6.69. The van der Waals surface area contributed by atoms with Crippen molar-refractivity contribution in [2.45, 2.75) is 26.4 Å². The summed E-state index contributed by atoms with van der Waals surface area (Å²) < 4.78 is 6.56. The van der Waals surface area contributed by atoms with E-state index in [1.165, 1.54) is 22.7 Å². The fraction of sp³-hybridized carbons (Fsp3) is 0.211. The number of benzene rings is 2. The van der Waals surface area contributed by atoms with Gasteiger partial charge in [-0.2, -0.15) is 4.37 Å². The van der Waals surface area contributed by atoms with Crippen molar-refractivity contribution in [3.8, 4) is 0 Å². The van der Waals surface area contributed by atoms with Gasteiger partial charge in [-0.1, -0.05) is 47.6 Å². The minimum Gasteiger partial charge on any atom is -0.348 e. The van der Waals surface area contributed by atoms with Gasteiger partial charge in [-0.3, -0.25) is 4.57 Å². The summed E-state index contributed by atoms with van der Waals surface area (Å²) in [7, 11) is 0. The van der Waals surface area contributed by atoms with Crippen molar-refractivity contribution in [1.82, 2.24) is 8.94 Å². The van der Waals surface area contributed by atoms with Gasteiger partial charge in [-0.05, 0) is 38.1 Å². The van der Waals surface area contributed by atoms with Crippen molar-refractivity contribution in [2.75, 3.05) is 10.6 Å². The average Bonchev–Trinajstić information content (AvgIpc) is 3.21. The van der Waals surface area contributed by atoms with Crippen molar-refractivity contribution < 1.29 is 0 Å². The number of aryl methyl sites for hydroxylation is 2. The lowest BCUT2D eigenvalue weighted by Crippen LogP contribution is -2.32. The predicted octanol–water partition coefficient (Wildman–Crippen LogP) is 4.03. The second kappa shape index (κ2) is 7.01. The molecule has 7 heteroatoms. The fourth-order valence-electron chi connectivity index (χ4n) is 2.75. The number of fused-ring (bicyclic) bond motifs is 1. The van der Waals surface area contributed by atoms with Crippen LogP contribution in [0.2, 0.25) is 0 Å². The Morgan fingerprint density at radius 1 is 1.15 bits per heavy atom. The first-order valence-corrected chi connectivity index (χ1v) is 9.59. The van der Waals surface area contributed by atoms with Gasteiger partial charge in [0.1, 0.15) is 4.99 Å². The number of hydrogen-bond donors (Lipinski definition) is 2. The van der Waals surface area contributed by atoms with Gasteiger partial charge in [0.05, 0.1) is 18.3 Å². The summed E-state index contributed by atoms with van der Waals surface area (Å²) in [5.74, 6) is 0.818. The van der Waals surface area contributed by atoms with Gasteiger partial charge in [0, 0.05) is 17.2 Å². The minimum absolute atomic E-state index is 0.00849. The number of aromatic nitrogens is 2. The molecule has 0 bridgehead atoms. The van der Waals surface area contributed by atoms with Crippen molar-refractivity contribution in [3.05, 3.63) is 64.5 Å². The summed E-state index contributed by atoms with van der Waals surface area (Å²) in [4.78, 5) is 6.34. The highest BCUT2D eigenvalue weighted by molar-refractivity contribution is 7.80. The summed E-state index contributed by atoms with van der Waals surface area (Å²) in [6.07, 6.45) is 0. The molecule has 1 aliphatic rings. The molecule has 1 aliphatic heterocycles. The Morgan fingerprint density at radius 3 is 2.50 bits per heavy atom. The smallest absolute Gasteiger partial charge is 0.217 e. The van der Waals surface area contributed by atoms with Crippen molar-refractivity contribution in [1.29, 1.82) is 0 Å². The second-order valence-electron chi connectivity index (χ2n) is 6.40. The third kappa shape index (κ3) is 3.54. The molecule has 0 spiro atoms. The Labute approximate surface area is 161 Å². The molecular formula is C19H19N5S2. The number of thiocarbonyl (C=S) groups is 1. The largest absolute Gasteiger partial charge is 0.348 e. The van der Waals surface area contributed by atoms with E-state index in [4.69, 9.17) is 17.2 Å². The highest BCUT2D eigenvalue weighted by atomic mass is 32.1. The van der Waals surface area contributed by atoms with Crippen LogP contribution >= 0.6 is 23.8 Å². The Kier molecular flexibility index (Phi) is 4.57.